The molecule has 2 heteroatoms. The number of hydrogen-bond acceptors (Lipinski definition) is 2. The van der Waals surface area contributed by atoms with E-state index in [1.807, 2.05) is 19.1 Å². The third kappa shape index (κ3) is 3.46. The highest BCUT2D eigenvalue weighted by Crippen LogP contribution is 2.14. The van der Waals surface area contributed by atoms with E-state index >= 15 is 0 Å². The van der Waals surface area contributed by atoms with E-state index in [1.165, 1.54) is 11.1 Å². The smallest absolute Gasteiger partial charge is 0.104 e. The molecule has 0 bridgehead atoms. The molecular weight excluding hydrogens is 210 g/mol. The first-order valence-electron chi connectivity index (χ1n) is 6.10. The van der Waals surface area contributed by atoms with Gasteiger partial charge in [-0.1, -0.05) is 24.3 Å². The van der Waals surface area contributed by atoms with E-state index in [0.29, 0.717) is 0 Å². The Hall–Kier alpha value is -1.54. The first-order chi connectivity index (χ1) is 8.25. The van der Waals surface area contributed by atoms with Crippen molar-refractivity contribution in [3.05, 3.63) is 59.5 Å². The van der Waals surface area contributed by atoms with Gasteiger partial charge < -0.3 is 10.2 Å². The van der Waals surface area contributed by atoms with E-state index in [4.69, 9.17) is 10.2 Å². The standard InChI is InChI=1S/C15H19NO/c1-12(16)11-14-6-3-2-5-13(14)8-9-15-7-4-10-17-15/h2-7,10,12H,8-9,11,16H2,1H3. The fraction of sp³-hybridized carbons (Fsp3) is 0.333. The normalized spacial score (nSPS) is 12.6. The molecule has 17 heavy (non-hydrogen) atoms. The predicted molar refractivity (Wildman–Crippen MR) is 69.9 cm³/mol. The molecule has 0 spiro atoms. The minimum atomic E-state index is 0.208. The molecule has 2 nitrogen and oxygen atoms in total. The van der Waals surface area contributed by atoms with Gasteiger partial charge >= 0.3 is 0 Å². The molecule has 0 aliphatic heterocycles. The summed E-state index contributed by atoms with van der Waals surface area (Å²) in [7, 11) is 0. The number of furan rings is 1. The Bertz CT molecular complexity index is 446. The van der Waals surface area contributed by atoms with Gasteiger partial charge in [-0.25, -0.2) is 0 Å². The second-order valence-corrected chi connectivity index (χ2v) is 4.53. The number of hydrogen-bond donors (Lipinski definition) is 1. The topological polar surface area (TPSA) is 39.2 Å². The van der Waals surface area contributed by atoms with E-state index in [2.05, 4.69) is 24.3 Å². The maximum absolute atomic E-state index is 5.87. The van der Waals surface area contributed by atoms with Crippen LogP contribution in [0.5, 0.6) is 0 Å². The average Bonchev–Trinajstić information content (AvgIpc) is 2.80. The molecule has 0 aliphatic rings. The lowest BCUT2D eigenvalue weighted by atomic mass is 9.97. The molecule has 0 amide bonds. The van der Waals surface area contributed by atoms with Crippen LogP contribution in [0.1, 0.15) is 23.8 Å². The Morgan fingerprint density at radius 2 is 1.82 bits per heavy atom. The molecule has 0 radical (unpaired) electrons. The molecule has 2 rings (SSSR count). The van der Waals surface area contributed by atoms with Crippen molar-refractivity contribution in [3.8, 4) is 0 Å². The van der Waals surface area contributed by atoms with Crippen LogP contribution in [0.3, 0.4) is 0 Å². The van der Waals surface area contributed by atoms with Crippen LogP contribution in [0.2, 0.25) is 0 Å². The number of rotatable bonds is 5. The van der Waals surface area contributed by atoms with E-state index in [-0.39, 0.29) is 6.04 Å². The van der Waals surface area contributed by atoms with Gasteiger partial charge in [0.1, 0.15) is 5.76 Å². The van der Waals surface area contributed by atoms with Crippen LogP contribution < -0.4 is 5.73 Å². The number of aryl methyl sites for hydroxylation is 2. The molecule has 90 valence electrons. The Morgan fingerprint density at radius 1 is 1.06 bits per heavy atom. The SMILES string of the molecule is CC(N)Cc1ccccc1CCc1ccco1. The van der Waals surface area contributed by atoms with Gasteiger partial charge in [-0.05, 0) is 43.0 Å². The van der Waals surface area contributed by atoms with Crippen LogP contribution in [-0.4, -0.2) is 6.04 Å². The zero-order chi connectivity index (χ0) is 12.1. The minimum absolute atomic E-state index is 0.208. The van der Waals surface area contributed by atoms with Crippen LogP contribution >= 0.6 is 0 Å². The van der Waals surface area contributed by atoms with Crippen LogP contribution in [0.25, 0.3) is 0 Å². The molecule has 0 fully saturated rings. The lowest BCUT2D eigenvalue weighted by Crippen LogP contribution is -2.18. The van der Waals surface area contributed by atoms with Gasteiger partial charge in [0.15, 0.2) is 0 Å². The van der Waals surface area contributed by atoms with Gasteiger partial charge in [0.2, 0.25) is 0 Å². The zero-order valence-corrected chi connectivity index (χ0v) is 10.2. The summed E-state index contributed by atoms with van der Waals surface area (Å²) in [6.45, 7) is 2.04. The van der Waals surface area contributed by atoms with E-state index in [1.54, 1.807) is 6.26 Å². The molecule has 2 N–H and O–H groups in total. The highest BCUT2D eigenvalue weighted by molar-refractivity contribution is 5.28. The Morgan fingerprint density at radius 3 is 2.47 bits per heavy atom. The molecule has 1 heterocycles. The van der Waals surface area contributed by atoms with Crippen molar-refractivity contribution in [2.75, 3.05) is 0 Å². The highest BCUT2D eigenvalue weighted by Gasteiger charge is 2.05. The van der Waals surface area contributed by atoms with E-state index in [0.717, 1.165) is 25.0 Å². The monoisotopic (exact) mass is 229 g/mol. The van der Waals surface area contributed by atoms with Crippen molar-refractivity contribution in [1.29, 1.82) is 0 Å². The van der Waals surface area contributed by atoms with E-state index < -0.39 is 0 Å². The molecule has 1 aromatic carbocycles. The molecule has 1 atom stereocenters. The van der Waals surface area contributed by atoms with Crippen LogP contribution in [-0.2, 0) is 19.3 Å². The van der Waals surface area contributed by atoms with E-state index in [9.17, 15) is 0 Å². The maximum Gasteiger partial charge on any atom is 0.104 e. The first-order valence-corrected chi connectivity index (χ1v) is 6.10. The largest absolute Gasteiger partial charge is 0.469 e. The summed E-state index contributed by atoms with van der Waals surface area (Å²) >= 11 is 0. The summed E-state index contributed by atoms with van der Waals surface area (Å²) in [4.78, 5) is 0. The zero-order valence-electron chi connectivity index (χ0n) is 10.2. The Kier molecular flexibility index (Phi) is 3.99. The first kappa shape index (κ1) is 11.9. The van der Waals surface area contributed by atoms with Crippen LogP contribution in [0.15, 0.2) is 47.1 Å². The van der Waals surface area contributed by atoms with Gasteiger partial charge in [0, 0.05) is 12.5 Å². The molecule has 0 saturated carbocycles. The van der Waals surface area contributed by atoms with Crippen molar-refractivity contribution in [3.63, 3.8) is 0 Å². The molecule has 0 saturated heterocycles. The van der Waals surface area contributed by atoms with Gasteiger partial charge in [0.25, 0.3) is 0 Å². The van der Waals surface area contributed by atoms with Gasteiger partial charge in [0.05, 0.1) is 6.26 Å². The summed E-state index contributed by atoms with van der Waals surface area (Å²) in [5, 5.41) is 0. The van der Waals surface area contributed by atoms with Gasteiger partial charge in [-0.3, -0.25) is 0 Å². The summed E-state index contributed by atoms with van der Waals surface area (Å²) in [5.41, 5.74) is 8.60. The van der Waals surface area contributed by atoms with Crippen LogP contribution in [0, 0.1) is 0 Å². The van der Waals surface area contributed by atoms with Crippen molar-refractivity contribution in [1.82, 2.24) is 0 Å². The molecular formula is C15H19NO. The van der Waals surface area contributed by atoms with Crippen LogP contribution in [0.4, 0.5) is 0 Å². The average molecular weight is 229 g/mol. The number of nitrogens with two attached hydrogens (primary N) is 1. The minimum Gasteiger partial charge on any atom is -0.469 e. The molecule has 1 unspecified atom stereocenters. The fourth-order valence-corrected chi connectivity index (χ4v) is 2.06. The lowest BCUT2D eigenvalue weighted by molar-refractivity contribution is 0.508. The molecule has 1 aromatic heterocycles. The third-order valence-corrected chi connectivity index (χ3v) is 2.88. The summed E-state index contributed by atoms with van der Waals surface area (Å²) in [6.07, 6.45) is 4.62. The lowest BCUT2D eigenvalue weighted by Gasteiger charge is -2.10. The van der Waals surface area contributed by atoms with Crippen molar-refractivity contribution >= 4 is 0 Å². The maximum atomic E-state index is 5.87. The second-order valence-electron chi connectivity index (χ2n) is 4.53. The Labute approximate surface area is 102 Å². The van der Waals surface area contributed by atoms with Gasteiger partial charge in [-0.2, -0.15) is 0 Å². The number of benzene rings is 1. The second kappa shape index (κ2) is 5.69. The summed E-state index contributed by atoms with van der Waals surface area (Å²) in [5.74, 6) is 1.04. The van der Waals surface area contributed by atoms with Crippen molar-refractivity contribution < 1.29 is 4.42 Å². The predicted octanol–water partition coefficient (Wildman–Crippen LogP) is 2.95. The molecule has 2 aromatic rings. The third-order valence-electron chi connectivity index (χ3n) is 2.88. The fourth-order valence-electron chi connectivity index (χ4n) is 2.06. The molecule has 0 aliphatic carbocycles. The summed E-state index contributed by atoms with van der Waals surface area (Å²) in [6, 6.07) is 12.7. The van der Waals surface area contributed by atoms with Gasteiger partial charge in [-0.15, -0.1) is 0 Å². The highest BCUT2D eigenvalue weighted by atomic mass is 16.3. The quantitative estimate of drug-likeness (QED) is 0.856. The van der Waals surface area contributed by atoms with Crippen molar-refractivity contribution in [2.45, 2.75) is 32.2 Å². The Balaban J connectivity index is 2.04. The van der Waals surface area contributed by atoms with Crippen molar-refractivity contribution in [2.24, 2.45) is 5.73 Å². The summed E-state index contributed by atoms with van der Waals surface area (Å²) < 4.78 is 5.35.